The van der Waals surface area contributed by atoms with Crippen LogP contribution in [0.2, 0.25) is 0 Å². The molecule has 1 spiro atoms. The highest BCUT2D eigenvalue weighted by molar-refractivity contribution is 5.68. The first kappa shape index (κ1) is 17.9. The summed E-state index contributed by atoms with van der Waals surface area (Å²) in [5, 5.41) is 0. The molecule has 1 atom stereocenters. The van der Waals surface area contributed by atoms with Crippen LogP contribution < -0.4 is 15.0 Å². The van der Waals surface area contributed by atoms with Crippen molar-refractivity contribution in [3.8, 4) is 11.5 Å². The van der Waals surface area contributed by atoms with Gasteiger partial charge in [0, 0.05) is 18.6 Å². The molecule has 1 N–H and O–H groups in total. The lowest BCUT2D eigenvalue weighted by molar-refractivity contribution is -0.153. The quantitative estimate of drug-likeness (QED) is 0.873. The molecule has 138 valence electrons. The number of rotatable bonds is 5. The van der Waals surface area contributed by atoms with E-state index < -0.39 is 18.4 Å². The van der Waals surface area contributed by atoms with E-state index in [1.807, 2.05) is 6.08 Å². The number of alkyl halides is 3. The Balaban J connectivity index is 1.84. The zero-order valence-electron chi connectivity index (χ0n) is 14.0. The number of nitrogens with one attached hydrogen (secondary N) is 1. The van der Waals surface area contributed by atoms with Crippen molar-refractivity contribution in [2.75, 3.05) is 19.8 Å². The van der Waals surface area contributed by atoms with Gasteiger partial charge in [-0.25, -0.2) is 0 Å². The molecule has 0 saturated carbocycles. The summed E-state index contributed by atoms with van der Waals surface area (Å²) >= 11 is 0. The third-order valence-electron chi connectivity index (χ3n) is 3.80. The fraction of sp³-hybridized carbons (Fsp3) is 0.529. The lowest BCUT2D eigenvalue weighted by Crippen LogP contribution is -2.29. The normalized spacial score (nSPS) is 23.0. The molecule has 8 heteroatoms. The molecule has 1 saturated heterocycles. The Hall–Kier alpha value is -1.93. The van der Waals surface area contributed by atoms with Crippen molar-refractivity contribution in [2.45, 2.75) is 38.1 Å². The van der Waals surface area contributed by atoms with E-state index in [0.717, 1.165) is 17.7 Å². The highest BCUT2D eigenvalue weighted by Crippen LogP contribution is 2.36. The van der Waals surface area contributed by atoms with Crippen molar-refractivity contribution in [3.05, 3.63) is 29.8 Å². The second kappa shape index (κ2) is 6.76. The lowest BCUT2D eigenvalue weighted by Gasteiger charge is -2.17. The highest BCUT2D eigenvalue weighted by Gasteiger charge is 2.39. The minimum atomic E-state index is -4.41. The molecule has 25 heavy (non-hydrogen) atoms. The third-order valence-corrected chi connectivity index (χ3v) is 3.80. The van der Waals surface area contributed by atoms with Gasteiger partial charge in [-0.05, 0) is 38.1 Å². The van der Waals surface area contributed by atoms with Gasteiger partial charge in [0.15, 0.2) is 18.1 Å². The monoisotopic (exact) mass is 359 g/mol. The van der Waals surface area contributed by atoms with Crippen molar-refractivity contribution in [2.24, 2.45) is 0 Å². The summed E-state index contributed by atoms with van der Waals surface area (Å²) in [5.74, 6) is 0.302. The summed E-state index contributed by atoms with van der Waals surface area (Å²) in [7, 11) is 0. The molecular formula is C17H20F3NO4. The molecule has 0 amide bonds. The van der Waals surface area contributed by atoms with Gasteiger partial charge in [0.25, 0.3) is 0 Å². The van der Waals surface area contributed by atoms with Gasteiger partial charge >= 0.3 is 6.18 Å². The first-order valence-electron chi connectivity index (χ1n) is 8.02. The van der Waals surface area contributed by atoms with E-state index in [1.165, 1.54) is 6.07 Å². The van der Waals surface area contributed by atoms with Gasteiger partial charge in [0.05, 0.1) is 18.4 Å². The minimum Gasteiger partial charge on any atom is -0.487 e. The molecule has 2 aliphatic heterocycles. The molecule has 1 aromatic rings. The molecule has 0 radical (unpaired) electrons. The minimum absolute atomic E-state index is 0.0493. The van der Waals surface area contributed by atoms with Crippen LogP contribution in [0, 0.1) is 0 Å². The van der Waals surface area contributed by atoms with Crippen LogP contribution in [0.3, 0.4) is 0 Å². The molecule has 3 rings (SSSR count). The summed E-state index contributed by atoms with van der Waals surface area (Å²) in [4.78, 5) is 5.62. The third kappa shape index (κ3) is 4.38. The van der Waals surface area contributed by atoms with Crippen LogP contribution in [0.5, 0.6) is 11.5 Å². The van der Waals surface area contributed by atoms with Gasteiger partial charge in [-0.3, -0.25) is 10.3 Å². The highest BCUT2D eigenvalue weighted by atomic mass is 19.4. The summed E-state index contributed by atoms with van der Waals surface area (Å²) < 4.78 is 53.1. The van der Waals surface area contributed by atoms with E-state index in [-0.39, 0.29) is 17.6 Å². The van der Waals surface area contributed by atoms with Crippen LogP contribution in [-0.2, 0) is 9.57 Å². The van der Waals surface area contributed by atoms with E-state index in [2.05, 4.69) is 5.48 Å². The van der Waals surface area contributed by atoms with Crippen LogP contribution in [0.1, 0.15) is 25.8 Å². The largest absolute Gasteiger partial charge is 0.487 e. The molecule has 0 bridgehead atoms. The molecule has 1 aromatic carbocycles. The molecule has 1 unspecified atom stereocenters. The average Bonchev–Trinajstić information content (AvgIpc) is 3.15. The number of halogens is 3. The van der Waals surface area contributed by atoms with Gasteiger partial charge in [-0.15, -0.1) is 0 Å². The summed E-state index contributed by atoms with van der Waals surface area (Å²) in [5.41, 5.74) is 3.84. The Morgan fingerprint density at radius 3 is 2.72 bits per heavy atom. The van der Waals surface area contributed by atoms with Crippen molar-refractivity contribution >= 4 is 5.70 Å². The van der Waals surface area contributed by atoms with E-state index >= 15 is 0 Å². The number of benzene rings is 1. The predicted octanol–water partition coefficient (Wildman–Crippen LogP) is 3.45. The van der Waals surface area contributed by atoms with E-state index in [0.29, 0.717) is 13.2 Å². The Morgan fingerprint density at radius 1 is 1.28 bits per heavy atom. The summed E-state index contributed by atoms with van der Waals surface area (Å²) in [6.45, 7) is 3.30. The van der Waals surface area contributed by atoms with Crippen LogP contribution in [0.25, 0.3) is 5.70 Å². The van der Waals surface area contributed by atoms with Gasteiger partial charge in [0.2, 0.25) is 0 Å². The van der Waals surface area contributed by atoms with Gasteiger partial charge in [-0.2, -0.15) is 13.2 Å². The SMILES string of the molecule is CC(C)Oc1cc(C2=CC3(CCOC3)ON2)ccc1OCC(F)(F)F. The molecule has 2 aliphatic rings. The van der Waals surface area contributed by atoms with Crippen molar-refractivity contribution < 1.29 is 32.2 Å². The predicted molar refractivity (Wildman–Crippen MR) is 84.1 cm³/mol. The molecule has 1 fully saturated rings. The lowest BCUT2D eigenvalue weighted by atomic mass is 10.0. The van der Waals surface area contributed by atoms with Gasteiger partial charge in [-0.1, -0.05) is 0 Å². The smallest absolute Gasteiger partial charge is 0.422 e. The van der Waals surface area contributed by atoms with E-state index in [4.69, 9.17) is 19.0 Å². The van der Waals surface area contributed by atoms with E-state index in [9.17, 15) is 13.2 Å². The maximum atomic E-state index is 12.4. The molecule has 2 heterocycles. The Bertz CT molecular complexity index is 652. The second-order valence-electron chi connectivity index (χ2n) is 6.36. The zero-order valence-corrected chi connectivity index (χ0v) is 14.0. The number of hydroxylamine groups is 1. The van der Waals surface area contributed by atoms with Crippen molar-refractivity contribution in [1.29, 1.82) is 0 Å². The number of ether oxygens (including phenoxy) is 3. The molecule has 0 aliphatic carbocycles. The summed E-state index contributed by atoms with van der Waals surface area (Å²) in [6.07, 6.45) is -1.94. The van der Waals surface area contributed by atoms with Crippen LogP contribution >= 0.6 is 0 Å². The molecular weight excluding hydrogens is 339 g/mol. The topological polar surface area (TPSA) is 49.0 Å². The molecule has 5 nitrogen and oxygen atoms in total. The fourth-order valence-corrected chi connectivity index (χ4v) is 2.68. The van der Waals surface area contributed by atoms with Crippen LogP contribution in [0.4, 0.5) is 13.2 Å². The Morgan fingerprint density at radius 2 is 2.08 bits per heavy atom. The standard InChI is InChI=1S/C17H20F3NO4/c1-11(2)24-15-7-12(3-4-14(15)23-10-17(18,19)20)13-8-16(25-21-13)5-6-22-9-16/h3-4,7-8,11,21H,5-6,9-10H2,1-2H3. The average molecular weight is 359 g/mol. The van der Waals surface area contributed by atoms with Crippen LogP contribution in [-0.4, -0.2) is 37.7 Å². The second-order valence-corrected chi connectivity index (χ2v) is 6.36. The number of hydrogen-bond acceptors (Lipinski definition) is 5. The zero-order chi connectivity index (χ0) is 18.1. The Labute approximate surface area is 143 Å². The van der Waals surface area contributed by atoms with Crippen molar-refractivity contribution in [3.63, 3.8) is 0 Å². The van der Waals surface area contributed by atoms with Crippen LogP contribution in [0.15, 0.2) is 24.3 Å². The van der Waals surface area contributed by atoms with E-state index in [1.54, 1.807) is 26.0 Å². The number of hydrogen-bond donors (Lipinski definition) is 1. The summed E-state index contributed by atoms with van der Waals surface area (Å²) in [6, 6.07) is 4.77. The van der Waals surface area contributed by atoms with Gasteiger partial charge in [0.1, 0.15) is 5.60 Å². The first-order valence-corrected chi connectivity index (χ1v) is 8.02. The first-order chi connectivity index (χ1) is 11.8. The molecule has 0 aromatic heterocycles. The van der Waals surface area contributed by atoms with Crippen molar-refractivity contribution in [1.82, 2.24) is 5.48 Å². The Kier molecular flexibility index (Phi) is 4.83. The maximum Gasteiger partial charge on any atom is 0.422 e. The van der Waals surface area contributed by atoms with Gasteiger partial charge < -0.3 is 14.2 Å². The fourth-order valence-electron chi connectivity index (χ4n) is 2.68. The maximum absolute atomic E-state index is 12.4.